The molecule has 1 aliphatic rings. The van der Waals surface area contributed by atoms with Crippen molar-refractivity contribution in [2.24, 2.45) is 11.7 Å². The van der Waals surface area contributed by atoms with Gasteiger partial charge in [-0.1, -0.05) is 13.8 Å². The third-order valence-corrected chi connectivity index (χ3v) is 3.63. The number of piperidine rings is 1. The van der Waals surface area contributed by atoms with Gasteiger partial charge in [0, 0.05) is 24.8 Å². The fourth-order valence-electron chi connectivity index (χ4n) is 2.48. The zero-order valence-corrected chi connectivity index (χ0v) is 12.4. The minimum Gasteiger partial charge on any atom is -0.493 e. The van der Waals surface area contributed by atoms with Crippen molar-refractivity contribution >= 4 is 5.69 Å². The van der Waals surface area contributed by atoms with E-state index in [1.807, 2.05) is 0 Å². The zero-order chi connectivity index (χ0) is 13.8. The van der Waals surface area contributed by atoms with Crippen LogP contribution in [0.2, 0.25) is 0 Å². The SMILES string of the molecule is Cc1cc(OCC(C)C)ccc1N1CCC(N)CC1. The van der Waals surface area contributed by atoms with Crippen molar-refractivity contribution in [2.75, 3.05) is 24.6 Å². The third-order valence-electron chi connectivity index (χ3n) is 3.63. The molecule has 0 radical (unpaired) electrons. The topological polar surface area (TPSA) is 38.5 Å². The highest BCUT2D eigenvalue weighted by Gasteiger charge is 2.17. The van der Waals surface area contributed by atoms with Crippen molar-refractivity contribution < 1.29 is 4.74 Å². The summed E-state index contributed by atoms with van der Waals surface area (Å²) >= 11 is 0. The molecule has 0 saturated carbocycles. The van der Waals surface area contributed by atoms with Gasteiger partial charge in [0.2, 0.25) is 0 Å². The van der Waals surface area contributed by atoms with Gasteiger partial charge in [-0.2, -0.15) is 0 Å². The molecule has 1 saturated heterocycles. The van der Waals surface area contributed by atoms with Gasteiger partial charge in [0.05, 0.1) is 6.61 Å². The largest absolute Gasteiger partial charge is 0.493 e. The molecule has 0 amide bonds. The van der Waals surface area contributed by atoms with E-state index in [4.69, 9.17) is 10.5 Å². The Morgan fingerprint density at radius 2 is 2.00 bits per heavy atom. The maximum absolute atomic E-state index is 5.96. The van der Waals surface area contributed by atoms with Crippen LogP contribution in [-0.4, -0.2) is 25.7 Å². The predicted octanol–water partition coefficient (Wildman–Crippen LogP) is 2.96. The van der Waals surface area contributed by atoms with Crippen molar-refractivity contribution in [3.05, 3.63) is 23.8 Å². The average Bonchev–Trinajstić information content (AvgIpc) is 2.38. The standard InChI is InChI=1S/C16H26N2O/c1-12(2)11-19-15-4-5-16(13(3)10-15)18-8-6-14(17)7-9-18/h4-5,10,12,14H,6-9,11,17H2,1-3H3. The highest BCUT2D eigenvalue weighted by Crippen LogP contribution is 2.27. The average molecular weight is 262 g/mol. The maximum Gasteiger partial charge on any atom is 0.119 e. The van der Waals surface area contributed by atoms with Crippen molar-refractivity contribution in [3.63, 3.8) is 0 Å². The van der Waals surface area contributed by atoms with Crippen LogP contribution in [0.1, 0.15) is 32.3 Å². The quantitative estimate of drug-likeness (QED) is 0.906. The molecule has 2 rings (SSSR count). The van der Waals surface area contributed by atoms with Gasteiger partial charge in [-0.15, -0.1) is 0 Å². The molecule has 1 aromatic rings. The second-order valence-electron chi connectivity index (χ2n) is 5.98. The molecule has 0 bridgehead atoms. The van der Waals surface area contributed by atoms with Crippen LogP contribution in [0.3, 0.4) is 0 Å². The Balaban J connectivity index is 2.02. The number of nitrogens with zero attached hydrogens (tertiary/aromatic N) is 1. The second kappa shape index (κ2) is 6.29. The van der Waals surface area contributed by atoms with Crippen LogP contribution in [0.4, 0.5) is 5.69 Å². The number of aryl methyl sites for hydroxylation is 1. The lowest BCUT2D eigenvalue weighted by molar-refractivity contribution is 0.271. The summed E-state index contributed by atoms with van der Waals surface area (Å²) in [5.74, 6) is 1.53. The van der Waals surface area contributed by atoms with Gasteiger partial charge in [-0.05, 0) is 49.4 Å². The van der Waals surface area contributed by atoms with Crippen molar-refractivity contribution in [3.8, 4) is 5.75 Å². The summed E-state index contributed by atoms with van der Waals surface area (Å²) in [6.07, 6.45) is 2.18. The molecule has 1 aromatic carbocycles. The van der Waals surface area contributed by atoms with Gasteiger partial charge < -0.3 is 15.4 Å². The first-order chi connectivity index (χ1) is 9.06. The fraction of sp³-hybridized carbons (Fsp3) is 0.625. The van der Waals surface area contributed by atoms with E-state index in [9.17, 15) is 0 Å². The summed E-state index contributed by atoms with van der Waals surface area (Å²) in [7, 11) is 0. The number of rotatable bonds is 4. The molecule has 3 nitrogen and oxygen atoms in total. The third kappa shape index (κ3) is 3.87. The van der Waals surface area contributed by atoms with Crippen LogP contribution >= 0.6 is 0 Å². The molecule has 1 aliphatic heterocycles. The molecular formula is C16H26N2O. The Labute approximate surface area is 116 Å². The molecule has 19 heavy (non-hydrogen) atoms. The van der Waals surface area contributed by atoms with Gasteiger partial charge in [-0.3, -0.25) is 0 Å². The summed E-state index contributed by atoms with van der Waals surface area (Å²) in [6.45, 7) is 9.39. The summed E-state index contributed by atoms with van der Waals surface area (Å²) < 4.78 is 5.77. The van der Waals surface area contributed by atoms with E-state index in [0.29, 0.717) is 12.0 Å². The second-order valence-corrected chi connectivity index (χ2v) is 5.98. The zero-order valence-electron chi connectivity index (χ0n) is 12.4. The number of nitrogens with two attached hydrogens (primary N) is 1. The van der Waals surface area contributed by atoms with Gasteiger partial charge in [0.1, 0.15) is 5.75 Å². The maximum atomic E-state index is 5.96. The first-order valence-electron chi connectivity index (χ1n) is 7.30. The van der Waals surface area contributed by atoms with Crippen molar-refractivity contribution in [1.29, 1.82) is 0 Å². The van der Waals surface area contributed by atoms with Crippen LogP contribution in [0.5, 0.6) is 5.75 Å². The molecule has 0 aromatic heterocycles. The number of ether oxygens (including phenoxy) is 1. The molecule has 0 aliphatic carbocycles. The monoisotopic (exact) mass is 262 g/mol. The van der Waals surface area contributed by atoms with Gasteiger partial charge in [-0.25, -0.2) is 0 Å². The summed E-state index contributed by atoms with van der Waals surface area (Å²) in [5.41, 5.74) is 8.57. The first kappa shape index (κ1) is 14.2. The first-order valence-corrected chi connectivity index (χ1v) is 7.30. The van der Waals surface area contributed by atoms with E-state index in [1.165, 1.54) is 11.3 Å². The molecule has 3 heteroatoms. The van der Waals surface area contributed by atoms with E-state index in [2.05, 4.69) is 43.9 Å². The highest BCUT2D eigenvalue weighted by molar-refractivity contribution is 5.56. The lowest BCUT2D eigenvalue weighted by Crippen LogP contribution is -2.39. The Hall–Kier alpha value is -1.22. The number of benzene rings is 1. The summed E-state index contributed by atoms with van der Waals surface area (Å²) in [4.78, 5) is 2.44. The van der Waals surface area contributed by atoms with E-state index < -0.39 is 0 Å². The lowest BCUT2D eigenvalue weighted by Gasteiger charge is -2.33. The number of hydrogen-bond donors (Lipinski definition) is 1. The van der Waals surface area contributed by atoms with E-state index in [1.54, 1.807) is 0 Å². The molecule has 106 valence electrons. The summed E-state index contributed by atoms with van der Waals surface area (Å²) in [5, 5.41) is 0. The van der Waals surface area contributed by atoms with Gasteiger partial charge in [0.15, 0.2) is 0 Å². The smallest absolute Gasteiger partial charge is 0.119 e. The Kier molecular flexibility index (Phi) is 4.70. The molecule has 1 heterocycles. The molecule has 0 unspecified atom stereocenters. The molecule has 2 N–H and O–H groups in total. The van der Waals surface area contributed by atoms with Crippen molar-refractivity contribution in [1.82, 2.24) is 0 Å². The van der Waals surface area contributed by atoms with E-state index in [0.717, 1.165) is 38.3 Å². The van der Waals surface area contributed by atoms with Crippen LogP contribution < -0.4 is 15.4 Å². The van der Waals surface area contributed by atoms with Gasteiger partial charge in [0.25, 0.3) is 0 Å². The minimum atomic E-state index is 0.380. The van der Waals surface area contributed by atoms with Crippen LogP contribution in [0.25, 0.3) is 0 Å². The number of anilines is 1. The predicted molar refractivity (Wildman–Crippen MR) is 80.9 cm³/mol. The number of hydrogen-bond acceptors (Lipinski definition) is 3. The van der Waals surface area contributed by atoms with E-state index >= 15 is 0 Å². The lowest BCUT2D eigenvalue weighted by atomic mass is 10.0. The Bertz CT molecular complexity index is 409. The van der Waals surface area contributed by atoms with Gasteiger partial charge >= 0.3 is 0 Å². The van der Waals surface area contributed by atoms with E-state index in [-0.39, 0.29) is 0 Å². The molecule has 1 fully saturated rings. The molecular weight excluding hydrogens is 236 g/mol. The Morgan fingerprint density at radius 1 is 1.32 bits per heavy atom. The van der Waals surface area contributed by atoms with Crippen LogP contribution in [-0.2, 0) is 0 Å². The fourth-order valence-corrected chi connectivity index (χ4v) is 2.48. The summed E-state index contributed by atoms with van der Waals surface area (Å²) in [6, 6.07) is 6.79. The Morgan fingerprint density at radius 3 is 2.58 bits per heavy atom. The molecule has 0 atom stereocenters. The highest BCUT2D eigenvalue weighted by atomic mass is 16.5. The minimum absolute atomic E-state index is 0.380. The molecule has 0 spiro atoms. The normalized spacial score (nSPS) is 17.0. The van der Waals surface area contributed by atoms with Crippen LogP contribution in [0.15, 0.2) is 18.2 Å². The van der Waals surface area contributed by atoms with Crippen molar-refractivity contribution in [2.45, 2.75) is 39.7 Å². The van der Waals surface area contributed by atoms with Crippen LogP contribution in [0, 0.1) is 12.8 Å².